The molecule has 27 heavy (non-hydrogen) atoms. The largest absolute Gasteiger partial charge is 0.398 e. The zero-order valence-corrected chi connectivity index (χ0v) is 17.3. The molecule has 0 saturated carbocycles. The normalized spacial score (nSPS) is 18.1. The first-order valence-electron chi connectivity index (χ1n) is 9.29. The summed E-state index contributed by atoms with van der Waals surface area (Å²) in [6.45, 7) is 5.00. The monoisotopic (exact) mass is 416 g/mol. The summed E-state index contributed by atoms with van der Waals surface area (Å²) in [4.78, 5) is 31.1. The number of anilines is 1. The van der Waals surface area contributed by atoms with Gasteiger partial charge >= 0.3 is 0 Å². The van der Waals surface area contributed by atoms with Crippen molar-refractivity contribution in [2.24, 2.45) is 0 Å². The minimum absolute atomic E-state index is 0. The topological polar surface area (TPSA) is 69.9 Å². The molecule has 2 fully saturated rings. The quantitative estimate of drug-likeness (QED) is 0.767. The molecule has 0 unspecified atom stereocenters. The van der Waals surface area contributed by atoms with E-state index < -0.39 is 0 Å². The second-order valence-electron chi connectivity index (χ2n) is 6.95. The van der Waals surface area contributed by atoms with E-state index in [0.717, 1.165) is 39.0 Å². The predicted molar refractivity (Wildman–Crippen MR) is 113 cm³/mol. The molecular weight excluding hydrogens is 387 g/mol. The zero-order chi connectivity index (χ0) is 17.6. The number of carbonyl (C=O) groups is 2. The van der Waals surface area contributed by atoms with Crippen molar-refractivity contribution in [1.82, 2.24) is 14.7 Å². The predicted octanol–water partition coefficient (Wildman–Crippen LogP) is 2.27. The first-order chi connectivity index (χ1) is 12.1. The number of nitrogen functional groups attached to an aromatic ring is 1. The maximum atomic E-state index is 12.6. The van der Waals surface area contributed by atoms with Crippen LogP contribution in [0.25, 0.3) is 0 Å². The lowest BCUT2D eigenvalue weighted by atomic mass is 10.1. The van der Waals surface area contributed by atoms with E-state index in [1.807, 2.05) is 21.9 Å². The van der Waals surface area contributed by atoms with E-state index in [1.54, 1.807) is 12.1 Å². The van der Waals surface area contributed by atoms with Crippen LogP contribution in [0.5, 0.6) is 0 Å². The summed E-state index contributed by atoms with van der Waals surface area (Å²) >= 11 is 0. The van der Waals surface area contributed by atoms with Gasteiger partial charge in [-0.3, -0.25) is 14.5 Å². The van der Waals surface area contributed by atoms with Crippen LogP contribution in [-0.4, -0.2) is 72.3 Å². The molecule has 0 bridgehead atoms. The van der Waals surface area contributed by atoms with E-state index in [-0.39, 0.29) is 36.6 Å². The van der Waals surface area contributed by atoms with Gasteiger partial charge in [-0.25, -0.2) is 0 Å². The van der Waals surface area contributed by atoms with E-state index in [0.29, 0.717) is 30.9 Å². The molecule has 3 rings (SSSR count). The van der Waals surface area contributed by atoms with Crippen molar-refractivity contribution < 1.29 is 9.59 Å². The highest BCUT2D eigenvalue weighted by molar-refractivity contribution is 5.99. The van der Waals surface area contributed by atoms with Crippen molar-refractivity contribution in [3.05, 3.63) is 29.8 Å². The summed E-state index contributed by atoms with van der Waals surface area (Å²) in [5.41, 5.74) is 6.99. The molecule has 152 valence electrons. The Morgan fingerprint density at radius 2 is 1.41 bits per heavy atom. The van der Waals surface area contributed by atoms with Crippen molar-refractivity contribution in [2.75, 3.05) is 51.5 Å². The molecule has 0 aromatic heterocycles. The Hall–Kier alpha value is -1.50. The lowest BCUT2D eigenvalue weighted by Gasteiger charge is -2.35. The minimum Gasteiger partial charge on any atom is -0.398 e. The summed E-state index contributed by atoms with van der Waals surface area (Å²) in [5, 5.41) is 0. The molecule has 0 radical (unpaired) electrons. The van der Waals surface area contributed by atoms with Crippen molar-refractivity contribution in [3.8, 4) is 0 Å². The standard InChI is InChI=1S/C19H28N4O2.2ClH/c20-17-8-4-3-7-16(17)19(25)23-13-11-21(12-14-23)15-18(24)22-9-5-1-2-6-10-22;;/h3-4,7-8H,1-2,5-6,9-15,20H2;2*1H. The molecule has 1 aromatic carbocycles. The Bertz CT molecular complexity index is 613. The summed E-state index contributed by atoms with van der Waals surface area (Å²) in [6, 6.07) is 7.19. The van der Waals surface area contributed by atoms with Gasteiger partial charge in [-0.05, 0) is 25.0 Å². The summed E-state index contributed by atoms with van der Waals surface area (Å²) < 4.78 is 0. The van der Waals surface area contributed by atoms with Crippen LogP contribution in [0.15, 0.2) is 24.3 Å². The highest BCUT2D eigenvalue weighted by atomic mass is 35.5. The number of nitrogens with zero attached hydrogens (tertiary/aromatic N) is 3. The van der Waals surface area contributed by atoms with E-state index in [9.17, 15) is 9.59 Å². The maximum Gasteiger partial charge on any atom is 0.256 e. The average Bonchev–Trinajstić information content (AvgIpc) is 2.92. The van der Waals surface area contributed by atoms with Gasteiger partial charge < -0.3 is 15.5 Å². The Kier molecular flexibility index (Phi) is 9.91. The minimum atomic E-state index is -0.0170. The average molecular weight is 417 g/mol. The Morgan fingerprint density at radius 3 is 2.00 bits per heavy atom. The van der Waals surface area contributed by atoms with Gasteiger partial charge in [0.25, 0.3) is 5.91 Å². The highest BCUT2D eigenvalue weighted by Gasteiger charge is 2.25. The number of piperazine rings is 1. The number of para-hydroxylation sites is 1. The number of hydrogen-bond acceptors (Lipinski definition) is 4. The van der Waals surface area contributed by atoms with E-state index in [2.05, 4.69) is 4.90 Å². The Labute approximate surface area is 173 Å². The van der Waals surface area contributed by atoms with E-state index in [1.165, 1.54) is 12.8 Å². The van der Waals surface area contributed by atoms with Crippen LogP contribution in [0.4, 0.5) is 5.69 Å². The van der Waals surface area contributed by atoms with Crippen molar-refractivity contribution in [1.29, 1.82) is 0 Å². The SMILES string of the molecule is Cl.Cl.Nc1ccccc1C(=O)N1CCN(CC(=O)N2CCCCCC2)CC1. The van der Waals surface area contributed by atoms with Crippen LogP contribution in [0, 0.1) is 0 Å². The molecule has 2 aliphatic heterocycles. The summed E-state index contributed by atoms with van der Waals surface area (Å²) in [5.74, 6) is 0.213. The van der Waals surface area contributed by atoms with Gasteiger partial charge in [0.2, 0.25) is 5.91 Å². The van der Waals surface area contributed by atoms with Gasteiger partial charge in [0, 0.05) is 45.0 Å². The number of hydrogen-bond donors (Lipinski definition) is 1. The molecule has 0 atom stereocenters. The van der Waals surface area contributed by atoms with E-state index >= 15 is 0 Å². The number of rotatable bonds is 3. The van der Waals surface area contributed by atoms with Gasteiger partial charge in [-0.2, -0.15) is 0 Å². The third-order valence-corrected chi connectivity index (χ3v) is 5.17. The van der Waals surface area contributed by atoms with Crippen LogP contribution in [0.3, 0.4) is 0 Å². The number of amides is 2. The second kappa shape index (κ2) is 11.4. The van der Waals surface area contributed by atoms with Gasteiger partial charge in [0.05, 0.1) is 12.1 Å². The molecule has 0 aliphatic carbocycles. The maximum absolute atomic E-state index is 12.6. The lowest BCUT2D eigenvalue weighted by molar-refractivity contribution is -0.132. The first kappa shape index (κ1) is 23.5. The fourth-order valence-corrected chi connectivity index (χ4v) is 3.58. The van der Waals surface area contributed by atoms with Gasteiger partial charge in [0.15, 0.2) is 0 Å². The summed E-state index contributed by atoms with van der Waals surface area (Å²) in [6.07, 6.45) is 4.69. The van der Waals surface area contributed by atoms with Crippen LogP contribution >= 0.6 is 24.8 Å². The number of halogens is 2. The molecule has 2 heterocycles. The fraction of sp³-hybridized carbons (Fsp3) is 0.579. The van der Waals surface area contributed by atoms with E-state index in [4.69, 9.17) is 5.73 Å². The molecule has 2 aliphatic rings. The molecule has 2 N–H and O–H groups in total. The summed E-state index contributed by atoms with van der Waals surface area (Å²) in [7, 11) is 0. The Balaban J connectivity index is 0.00000182. The van der Waals surface area contributed by atoms with Crippen LogP contribution in [0.2, 0.25) is 0 Å². The molecule has 2 saturated heterocycles. The fourth-order valence-electron chi connectivity index (χ4n) is 3.58. The highest BCUT2D eigenvalue weighted by Crippen LogP contribution is 2.15. The second-order valence-corrected chi connectivity index (χ2v) is 6.95. The third kappa shape index (κ3) is 6.26. The number of likely N-dealkylation sites (tertiary alicyclic amines) is 1. The molecular formula is C19H30Cl2N4O2. The molecule has 8 heteroatoms. The van der Waals surface area contributed by atoms with Crippen LogP contribution in [-0.2, 0) is 4.79 Å². The number of carbonyl (C=O) groups excluding carboxylic acids is 2. The van der Waals surface area contributed by atoms with Crippen LogP contribution < -0.4 is 5.73 Å². The van der Waals surface area contributed by atoms with Gasteiger partial charge in [0.1, 0.15) is 0 Å². The molecule has 1 aromatic rings. The smallest absolute Gasteiger partial charge is 0.256 e. The molecule has 0 spiro atoms. The zero-order valence-electron chi connectivity index (χ0n) is 15.6. The third-order valence-electron chi connectivity index (χ3n) is 5.17. The molecule has 2 amide bonds. The van der Waals surface area contributed by atoms with Crippen LogP contribution in [0.1, 0.15) is 36.0 Å². The van der Waals surface area contributed by atoms with Crippen molar-refractivity contribution in [2.45, 2.75) is 25.7 Å². The number of benzene rings is 1. The van der Waals surface area contributed by atoms with Crippen molar-refractivity contribution in [3.63, 3.8) is 0 Å². The Morgan fingerprint density at radius 1 is 0.815 bits per heavy atom. The molecule has 6 nitrogen and oxygen atoms in total. The van der Waals surface area contributed by atoms with Crippen molar-refractivity contribution >= 4 is 42.3 Å². The lowest BCUT2D eigenvalue weighted by Crippen LogP contribution is -2.51. The first-order valence-corrected chi connectivity index (χ1v) is 9.29. The van der Waals surface area contributed by atoms with Gasteiger partial charge in [-0.1, -0.05) is 25.0 Å². The van der Waals surface area contributed by atoms with Gasteiger partial charge in [-0.15, -0.1) is 24.8 Å². The number of nitrogens with two attached hydrogens (primary N) is 1.